The average Bonchev–Trinajstić information content (AvgIpc) is 2.92. The summed E-state index contributed by atoms with van der Waals surface area (Å²) in [6, 6.07) is 3.04. The number of hydrogen-bond donors (Lipinski definition) is 1. The summed E-state index contributed by atoms with van der Waals surface area (Å²) in [7, 11) is -2.92. The van der Waals surface area contributed by atoms with Crippen LogP contribution in [0.15, 0.2) is 18.2 Å². The van der Waals surface area contributed by atoms with Crippen LogP contribution < -0.4 is 4.72 Å². The van der Waals surface area contributed by atoms with E-state index in [2.05, 4.69) is 4.74 Å². The minimum Gasteiger partial charge on any atom is -0.469 e. The molecule has 1 aromatic carbocycles. The Hall–Kier alpha value is -1.70. The molecule has 0 bridgehead atoms. The van der Waals surface area contributed by atoms with Gasteiger partial charge in [-0.25, -0.2) is 17.2 Å². The van der Waals surface area contributed by atoms with E-state index < -0.39 is 44.5 Å². The normalized spacial score (nSPS) is 22.0. The van der Waals surface area contributed by atoms with Gasteiger partial charge in [-0.3, -0.25) is 9.52 Å². The number of anilines is 1. The van der Waals surface area contributed by atoms with E-state index in [1.54, 1.807) is 0 Å². The van der Waals surface area contributed by atoms with Crippen molar-refractivity contribution in [2.24, 2.45) is 5.92 Å². The molecule has 5 nitrogen and oxygen atoms in total. The van der Waals surface area contributed by atoms with Crippen molar-refractivity contribution in [2.45, 2.75) is 24.5 Å². The van der Waals surface area contributed by atoms with Crippen molar-refractivity contribution < 1.29 is 26.7 Å². The molecule has 0 saturated heterocycles. The molecule has 0 radical (unpaired) electrons. The Kier molecular flexibility index (Phi) is 4.46. The maximum Gasteiger partial charge on any atom is 0.310 e. The summed E-state index contributed by atoms with van der Waals surface area (Å²) in [6.45, 7) is 0. The van der Waals surface area contributed by atoms with Crippen LogP contribution in [-0.4, -0.2) is 26.7 Å². The van der Waals surface area contributed by atoms with Crippen LogP contribution in [0.1, 0.15) is 19.3 Å². The van der Waals surface area contributed by atoms with E-state index in [-0.39, 0.29) is 6.42 Å². The van der Waals surface area contributed by atoms with Crippen LogP contribution in [0.5, 0.6) is 0 Å². The van der Waals surface area contributed by atoms with Crippen LogP contribution in [-0.2, 0) is 19.6 Å². The van der Waals surface area contributed by atoms with Gasteiger partial charge in [0.1, 0.15) is 17.3 Å². The maximum absolute atomic E-state index is 13.5. The summed E-state index contributed by atoms with van der Waals surface area (Å²) >= 11 is 0. The Morgan fingerprint density at radius 1 is 1.29 bits per heavy atom. The topological polar surface area (TPSA) is 72.5 Å². The Morgan fingerprint density at radius 3 is 2.48 bits per heavy atom. The molecule has 1 saturated carbocycles. The minimum absolute atomic E-state index is 0.241. The quantitative estimate of drug-likeness (QED) is 0.862. The van der Waals surface area contributed by atoms with Gasteiger partial charge in [0.2, 0.25) is 10.0 Å². The first-order chi connectivity index (χ1) is 9.86. The summed E-state index contributed by atoms with van der Waals surface area (Å²) in [4.78, 5) is 11.6. The molecule has 21 heavy (non-hydrogen) atoms. The van der Waals surface area contributed by atoms with Crippen LogP contribution in [0.2, 0.25) is 0 Å². The summed E-state index contributed by atoms with van der Waals surface area (Å²) < 4.78 is 58.1. The van der Waals surface area contributed by atoms with Gasteiger partial charge in [-0.05, 0) is 25.0 Å². The molecule has 0 heterocycles. The van der Waals surface area contributed by atoms with Crippen molar-refractivity contribution in [3.05, 3.63) is 29.8 Å². The Balaban J connectivity index is 2.28. The first kappa shape index (κ1) is 15.7. The van der Waals surface area contributed by atoms with Gasteiger partial charge in [0, 0.05) is 0 Å². The van der Waals surface area contributed by atoms with Gasteiger partial charge in [0.15, 0.2) is 0 Å². The molecule has 0 amide bonds. The fourth-order valence-corrected chi connectivity index (χ4v) is 4.32. The van der Waals surface area contributed by atoms with Crippen LogP contribution in [0, 0.1) is 17.6 Å². The number of rotatable bonds is 4. The molecule has 2 rings (SSSR count). The Morgan fingerprint density at radius 2 is 1.90 bits per heavy atom. The molecule has 116 valence electrons. The van der Waals surface area contributed by atoms with Crippen molar-refractivity contribution in [2.75, 3.05) is 11.8 Å². The number of ether oxygens (including phenoxy) is 1. The first-order valence-electron chi connectivity index (χ1n) is 6.40. The zero-order chi connectivity index (χ0) is 15.6. The van der Waals surface area contributed by atoms with Crippen LogP contribution in [0.4, 0.5) is 14.5 Å². The van der Waals surface area contributed by atoms with E-state index in [0.717, 1.165) is 18.2 Å². The third kappa shape index (κ3) is 3.15. The number of carbonyl (C=O) groups is 1. The summed E-state index contributed by atoms with van der Waals surface area (Å²) in [5, 5.41) is -1.05. The number of nitrogens with one attached hydrogen (secondary N) is 1. The zero-order valence-corrected chi connectivity index (χ0v) is 12.1. The van der Waals surface area contributed by atoms with E-state index >= 15 is 0 Å². The van der Waals surface area contributed by atoms with Gasteiger partial charge < -0.3 is 4.74 Å². The lowest BCUT2D eigenvalue weighted by atomic mass is 10.1. The van der Waals surface area contributed by atoms with Crippen molar-refractivity contribution in [1.29, 1.82) is 0 Å². The van der Waals surface area contributed by atoms with Crippen LogP contribution >= 0.6 is 0 Å². The highest BCUT2D eigenvalue weighted by atomic mass is 32.2. The molecule has 2 unspecified atom stereocenters. The van der Waals surface area contributed by atoms with Gasteiger partial charge in [0.25, 0.3) is 0 Å². The Bertz CT molecular complexity index is 627. The van der Waals surface area contributed by atoms with Crippen molar-refractivity contribution in [3.8, 4) is 0 Å². The fraction of sp³-hybridized carbons (Fsp3) is 0.462. The highest BCUT2D eigenvalue weighted by Crippen LogP contribution is 2.33. The largest absolute Gasteiger partial charge is 0.469 e. The van der Waals surface area contributed by atoms with Crippen LogP contribution in [0.25, 0.3) is 0 Å². The molecular weight excluding hydrogens is 304 g/mol. The monoisotopic (exact) mass is 319 g/mol. The maximum atomic E-state index is 13.5. The SMILES string of the molecule is COC(=O)C1CCCC1S(=O)(=O)Nc1c(F)cccc1F. The number of para-hydroxylation sites is 1. The molecule has 1 aliphatic carbocycles. The second-order valence-corrected chi connectivity index (χ2v) is 6.74. The average molecular weight is 319 g/mol. The predicted molar refractivity (Wildman–Crippen MR) is 72.0 cm³/mol. The Labute approximate surface area is 121 Å². The zero-order valence-electron chi connectivity index (χ0n) is 11.3. The summed E-state index contributed by atoms with van der Waals surface area (Å²) in [5.74, 6) is -3.46. The molecule has 0 aromatic heterocycles. The lowest BCUT2D eigenvalue weighted by molar-refractivity contribution is -0.145. The number of hydrogen-bond acceptors (Lipinski definition) is 4. The fourth-order valence-electron chi connectivity index (χ4n) is 2.53. The van der Waals surface area contributed by atoms with Gasteiger partial charge in [-0.15, -0.1) is 0 Å². The van der Waals surface area contributed by atoms with E-state index in [1.807, 2.05) is 4.72 Å². The summed E-state index contributed by atoms with van der Waals surface area (Å²) in [6.07, 6.45) is 1.15. The lowest BCUT2D eigenvalue weighted by Crippen LogP contribution is -2.35. The van der Waals surface area contributed by atoms with Crippen molar-refractivity contribution >= 4 is 21.7 Å². The van der Waals surface area contributed by atoms with Gasteiger partial charge in [-0.1, -0.05) is 12.5 Å². The number of sulfonamides is 1. The number of benzene rings is 1. The smallest absolute Gasteiger partial charge is 0.310 e. The lowest BCUT2D eigenvalue weighted by Gasteiger charge is -2.19. The van der Waals surface area contributed by atoms with Crippen molar-refractivity contribution in [1.82, 2.24) is 0 Å². The van der Waals surface area contributed by atoms with Gasteiger partial charge in [-0.2, -0.15) is 0 Å². The van der Waals surface area contributed by atoms with E-state index in [0.29, 0.717) is 12.8 Å². The van der Waals surface area contributed by atoms with Crippen molar-refractivity contribution in [3.63, 3.8) is 0 Å². The van der Waals surface area contributed by atoms with Gasteiger partial charge >= 0.3 is 5.97 Å². The molecule has 1 fully saturated rings. The van der Waals surface area contributed by atoms with E-state index in [9.17, 15) is 22.0 Å². The second kappa shape index (κ2) is 5.97. The molecule has 1 aliphatic rings. The molecule has 1 N–H and O–H groups in total. The number of halogens is 2. The van der Waals surface area contributed by atoms with E-state index in [1.165, 1.54) is 7.11 Å². The predicted octanol–water partition coefficient (Wildman–Crippen LogP) is 2.05. The van der Waals surface area contributed by atoms with Gasteiger partial charge in [0.05, 0.1) is 18.3 Å². The molecule has 8 heteroatoms. The standard InChI is InChI=1S/C13H15F2NO4S/c1-20-13(17)8-4-2-7-11(8)21(18,19)16-12-9(14)5-3-6-10(12)15/h3,5-6,8,11,16H,2,4,7H2,1H3. The molecular formula is C13H15F2NO4S. The third-order valence-corrected chi connectivity index (χ3v) is 5.41. The second-order valence-electron chi connectivity index (χ2n) is 4.84. The molecule has 2 atom stereocenters. The summed E-state index contributed by atoms with van der Waals surface area (Å²) in [5.41, 5.74) is -0.729. The molecule has 0 spiro atoms. The highest BCUT2D eigenvalue weighted by molar-refractivity contribution is 7.93. The van der Waals surface area contributed by atoms with E-state index in [4.69, 9.17) is 0 Å². The number of esters is 1. The number of carbonyl (C=O) groups excluding carboxylic acids is 1. The first-order valence-corrected chi connectivity index (χ1v) is 7.95. The third-order valence-electron chi connectivity index (χ3n) is 3.56. The highest BCUT2D eigenvalue weighted by Gasteiger charge is 2.42. The minimum atomic E-state index is -4.09. The number of methoxy groups -OCH3 is 1. The van der Waals surface area contributed by atoms with Crippen LogP contribution in [0.3, 0.4) is 0 Å². The molecule has 1 aromatic rings. The molecule has 0 aliphatic heterocycles.